The molecule has 5 nitrogen and oxygen atoms in total. The van der Waals surface area contributed by atoms with Gasteiger partial charge in [0.15, 0.2) is 12.0 Å². The lowest BCUT2D eigenvalue weighted by Crippen LogP contribution is -2.32. The van der Waals surface area contributed by atoms with Crippen molar-refractivity contribution >= 4 is 32.3 Å². The Labute approximate surface area is 291 Å². The van der Waals surface area contributed by atoms with Crippen LogP contribution in [-0.4, -0.2) is 15.0 Å². The molecule has 252 valence electrons. The molecular formula is C44H51N4O+. The maximum absolute atomic E-state index is 7.10. The molecule has 1 aliphatic rings. The van der Waals surface area contributed by atoms with Crippen molar-refractivity contribution in [3.8, 4) is 34.1 Å². The van der Waals surface area contributed by atoms with Crippen LogP contribution in [0.3, 0.4) is 0 Å². The van der Waals surface area contributed by atoms with Gasteiger partial charge in [0, 0.05) is 33.4 Å². The van der Waals surface area contributed by atoms with Crippen LogP contribution in [0.5, 0.6) is 11.5 Å². The molecule has 4 aromatic carbocycles. The Morgan fingerprint density at radius 2 is 1.39 bits per heavy atom. The monoisotopic (exact) mass is 651 g/mol. The van der Waals surface area contributed by atoms with Crippen LogP contribution in [0, 0.1) is 18.8 Å². The number of aryl methyl sites for hydroxylation is 2. The van der Waals surface area contributed by atoms with Gasteiger partial charge in [-0.05, 0) is 76.4 Å². The Balaban J connectivity index is 1.51. The molecule has 0 radical (unpaired) electrons. The third kappa shape index (κ3) is 5.75. The van der Waals surface area contributed by atoms with E-state index in [2.05, 4.69) is 143 Å². The first-order valence-corrected chi connectivity index (χ1v) is 17.9. The maximum Gasteiger partial charge on any atom is 0.228 e. The molecular weight excluding hydrogens is 601 g/mol. The summed E-state index contributed by atoms with van der Waals surface area (Å²) in [6.45, 7) is 24.4. The quantitative estimate of drug-likeness (QED) is 0.137. The van der Waals surface area contributed by atoms with E-state index in [1.54, 1.807) is 0 Å². The second kappa shape index (κ2) is 11.6. The number of fused-ring (bicyclic) bond motifs is 5. The maximum atomic E-state index is 7.10. The summed E-state index contributed by atoms with van der Waals surface area (Å²) in [6, 6.07) is 18.2. The minimum atomic E-state index is -0.201. The fourth-order valence-corrected chi connectivity index (χ4v) is 7.41. The number of aromatic nitrogens is 4. The first-order valence-electron chi connectivity index (χ1n) is 17.9. The third-order valence-corrected chi connectivity index (χ3v) is 9.83. The van der Waals surface area contributed by atoms with Crippen LogP contribution < -0.4 is 9.30 Å². The minimum absolute atomic E-state index is 0.201. The van der Waals surface area contributed by atoms with Gasteiger partial charge in [-0.25, -0.2) is 19.5 Å². The molecule has 6 aromatic rings. The van der Waals surface area contributed by atoms with E-state index in [-0.39, 0.29) is 10.8 Å². The normalized spacial score (nSPS) is 13.2. The number of ether oxygens (including phenoxy) is 1. The average molecular weight is 652 g/mol. The number of nitrogens with zero attached hydrogens (tertiary/aromatic N) is 4. The topological polar surface area (TPSA) is 51.8 Å². The molecule has 2 aromatic heterocycles. The fraction of sp³-hybridized carbons (Fsp3) is 0.409. The van der Waals surface area contributed by atoms with Gasteiger partial charge in [0.1, 0.15) is 30.2 Å². The third-order valence-electron chi connectivity index (χ3n) is 9.83. The number of pyridine rings is 1. The Morgan fingerprint density at radius 1 is 0.714 bits per heavy atom. The molecule has 5 heteroatoms. The summed E-state index contributed by atoms with van der Waals surface area (Å²) < 4.78 is 9.39. The summed E-state index contributed by atoms with van der Waals surface area (Å²) in [5.74, 6) is 5.36. The number of benzene rings is 4. The molecule has 0 bridgehead atoms. The highest BCUT2D eigenvalue weighted by Crippen LogP contribution is 2.52. The molecule has 0 fully saturated rings. The molecule has 0 amide bonds. The van der Waals surface area contributed by atoms with E-state index in [9.17, 15) is 0 Å². The zero-order valence-corrected chi connectivity index (χ0v) is 31.5. The number of hydrogen-bond donors (Lipinski definition) is 0. The lowest BCUT2D eigenvalue weighted by atomic mass is 9.84. The Kier molecular flexibility index (Phi) is 7.85. The SMILES string of the molecule is Cc1c2c(c(CC(C)C)c3ccc(CC(C)C)cc13)Oc1cc3ccc(-c4nc(C(C)(C)C)nc(C(C)(C)C)n4)cc3c3cc[n+](C)c-2c13. The van der Waals surface area contributed by atoms with Crippen LogP contribution in [0.2, 0.25) is 0 Å². The van der Waals surface area contributed by atoms with E-state index >= 15 is 0 Å². The highest BCUT2D eigenvalue weighted by molar-refractivity contribution is 6.16. The minimum Gasteiger partial charge on any atom is -0.455 e. The van der Waals surface area contributed by atoms with E-state index in [0.717, 1.165) is 58.1 Å². The van der Waals surface area contributed by atoms with Crippen LogP contribution in [-0.2, 0) is 30.7 Å². The lowest BCUT2D eigenvalue weighted by molar-refractivity contribution is -0.659. The van der Waals surface area contributed by atoms with Gasteiger partial charge in [0.05, 0.1) is 10.9 Å². The van der Waals surface area contributed by atoms with Crippen LogP contribution in [0.1, 0.15) is 97.6 Å². The molecule has 49 heavy (non-hydrogen) atoms. The van der Waals surface area contributed by atoms with Crippen LogP contribution >= 0.6 is 0 Å². The van der Waals surface area contributed by atoms with Gasteiger partial charge in [-0.2, -0.15) is 0 Å². The first-order chi connectivity index (χ1) is 23.0. The predicted octanol–water partition coefficient (Wildman–Crippen LogP) is 10.9. The second-order valence-corrected chi connectivity index (χ2v) is 17.2. The van der Waals surface area contributed by atoms with Crippen LogP contribution in [0.25, 0.3) is 55.0 Å². The average Bonchev–Trinajstić information content (AvgIpc) is 3.02. The van der Waals surface area contributed by atoms with Crippen molar-refractivity contribution in [1.29, 1.82) is 0 Å². The molecule has 0 aliphatic carbocycles. The summed E-state index contributed by atoms with van der Waals surface area (Å²) >= 11 is 0. The molecule has 0 saturated heterocycles. The number of hydrogen-bond acceptors (Lipinski definition) is 4. The van der Waals surface area contributed by atoms with Gasteiger partial charge >= 0.3 is 0 Å². The van der Waals surface area contributed by atoms with Crippen molar-refractivity contribution < 1.29 is 9.30 Å². The first kappa shape index (κ1) is 33.1. The molecule has 0 unspecified atom stereocenters. The van der Waals surface area contributed by atoms with Gasteiger partial charge in [0.25, 0.3) is 0 Å². The van der Waals surface area contributed by atoms with Crippen molar-refractivity contribution in [3.63, 3.8) is 0 Å². The fourth-order valence-electron chi connectivity index (χ4n) is 7.41. The Bertz CT molecular complexity index is 2270. The van der Waals surface area contributed by atoms with Crippen molar-refractivity contribution in [2.24, 2.45) is 18.9 Å². The van der Waals surface area contributed by atoms with Gasteiger partial charge < -0.3 is 4.74 Å². The van der Waals surface area contributed by atoms with E-state index in [4.69, 9.17) is 19.7 Å². The summed E-state index contributed by atoms with van der Waals surface area (Å²) in [5.41, 5.74) is 6.99. The summed E-state index contributed by atoms with van der Waals surface area (Å²) in [4.78, 5) is 15.0. The lowest BCUT2D eigenvalue weighted by Gasteiger charge is -2.26. The van der Waals surface area contributed by atoms with Crippen molar-refractivity contribution in [2.75, 3.05) is 0 Å². The van der Waals surface area contributed by atoms with Crippen molar-refractivity contribution in [3.05, 3.63) is 83.1 Å². The molecule has 0 atom stereocenters. The largest absolute Gasteiger partial charge is 0.455 e. The molecule has 0 saturated carbocycles. The zero-order chi connectivity index (χ0) is 35.2. The summed E-state index contributed by atoms with van der Waals surface area (Å²) in [6.07, 6.45) is 4.23. The highest BCUT2D eigenvalue weighted by atomic mass is 16.5. The Hall–Kier alpha value is -4.38. The molecule has 0 N–H and O–H groups in total. The van der Waals surface area contributed by atoms with Gasteiger partial charge in [-0.1, -0.05) is 99.6 Å². The van der Waals surface area contributed by atoms with E-state index in [1.807, 2.05) is 0 Å². The van der Waals surface area contributed by atoms with Crippen LogP contribution in [0.15, 0.2) is 54.7 Å². The van der Waals surface area contributed by atoms with Gasteiger partial charge in [-0.3, -0.25) is 0 Å². The van der Waals surface area contributed by atoms with E-state index < -0.39 is 0 Å². The predicted molar refractivity (Wildman–Crippen MR) is 204 cm³/mol. The zero-order valence-electron chi connectivity index (χ0n) is 31.5. The summed E-state index contributed by atoms with van der Waals surface area (Å²) in [5, 5.41) is 7.27. The van der Waals surface area contributed by atoms with E-state index in [0.29, 0.717) is 11.8 Å². The summed E-state index contributed by atoms with van der Waals surface area (Å²) in [7, 11) is 2.17. The second-order valence-electron chi connectivity index (χ2n) is 17.2. The van der Waals surface area contributed by atoms with Crippen LogP contribution in [0.4, 0.5) is 0 Å². The van der Waals surface area contributed by atoms with E-state index in [1.165, 1.54) is 49.5 Å². The van der Waals surface area contributed by atoms with Crippen molar-refractivity contribution in [1.82, 2.24) is 15.0 Å². The van der Waals surface area contributed by atoms with Crippen molar-refractivity contribution in [2.45, 2.75) is 99.8 Å². The molecule has 3 heterocycles. The smallest absolute Gasteiger partial charge is 0.228 e. The molecule has 7 rings (SSSR count). The number of rotatable bonds is 5. The molecule has 1 aliphatic heterocycles. The Morgan fingerprint density at radius 3 is 2.02 bits per heavy atom. The standard InChI is InChI=1S/C44H51N4O/c1-24(2)19-27-13-16-30-32(21-27)26(5)36-38-37-31(17-18-48(38)12)33-22-29(40-45-41(43(6,7)8)47-42(46-40)44(9,10)11)15-14-28(33)23-35(37)49-39(36)34(30)20-25(3)4/h13-18,21-25H,19-20H2,1-12H3/q+1. The van der Waals surface area contributed by atoms with Gasteiger partial charge in [0.2, 0.25) is 5.69 Å². The molecule has 0 spiro atoms. The van der Waals surface area contributed by atoms with Gasteiger partial charge in [-0.15, -0.1) is 0 Å². The highest BCUT2D eigenvalue weighted by Gasteiger charge is 2.34.